The molecular formula is C50H86NO7+. The minimum Gasteiger partial charge on any atom is -0.477 e. The zero-order chi connectivity index (χ0) is 42.8. The van der Waals surface area contributed by atoms with E-state index in [0.29, 0.717) is 19.3 Å². The van der Waals surface area contributed by atoms with Gasteiger partial charge in [0.15, 0.2) is 12.1 Å². The molecule has 2 unspecified atom stereocenters. The van der Waals surface area contributed by atoms with Crippen LogP contribution in [0.4, 0.5) is 0 Å². The van der Waals surface area contributed by atoms with Crippen LogP contribution >= 0.6 is 0 Å². The summed E-state index contributed by atoms with van der Waals surface area (Å²) in [4.78, 5) is 36.9. The number of carbonyl (C=O) groups is 3. The topological polar surface area (TPSA) is 99.1 Å². The number of ether oxygens (including phenoxy) is 3. The molecule has 0 bridgehead atoms. The fourth-order valence-corrected chi connectivity index (χ4v) is 6.34. The molecule has 0 aliphatic rings. The zero-order valence-electron chi connectivity index (χ0n) is 37.7. The molecule has 0 saturated carbocycles. The molecule has 0 spiro atoms. The lowest BCUT2D eigenvalue weighted by atomic mass is 10.1. The van der Waals surface area contributed by atoms with Crippen molar-refractivity contribution in [3.63, 3.8) is 0 Å². The standard InChI is InChI=1S/C50H85NO7/c1-6-8-10-12-14-16-18-20-22-23-24-25-27-28-30-32-34-36-38-40-48(52)57-45-46(44-56-43-42-47(50(54)55)51(3,4)5)58-49(53)41-39-37-35-33-31-29-26-21-19-17-15-13-11-9-7-2/h9,11,15,17,20-22,26,31,33,37,39,46-47H,6-8,10,12-14,16,18-19,23-25,27-30,32,34-36,38,40-45H2,1-5H3/p+1/b11-9-,17-15-,22-20-,26-21-,33-31-,39-37-. The molecule has 0 radical (unpaired) electrons. The monoisotopic (exact) mass is 813 g/mol. The van der Waals surface area contributed by atoms with Gasteiger partial charge in [0.2, 0.25) is 0 Å². The predicted octanol–water partition coefficient (Wildman–Crippen LogP) is 12.7. The number of esters is 2. The Morgan fingerprint density at radius 2 is 1.02 bits per heavy atom. The summed E-state index contributed by atoms with van der Waals surface area (Å²) in [7, 11) is 5.49. The molecule has 0 aromatic carbocycles. The van der Waals surface area contributed by atoms with E-state index in [-0.39, 0.29) is 36.7 Å². The third-order valence-corrected chi connectivity index (χ3v) is 9.87. The molecule has 8 nitrogen and oxygen atoms in total. The van der Waals surface area contributed by atoms with Crippen molar-refractivity contribution in [2.45, 2.75) is 187 Å². The Balaban J connectivity index is 4.41. The van der Waals surface area contributed by atoms with Gasteiger partial charge in [-0.05, 0) is 64.2 Å². The lowest BCUT2D eigenvalue weighted by molar-refractivity contribution is -0.887. The first kappa shape index (κ1) is 54.8. The fraction of sp³-hybridized carbons (Fsp3) is 0.700. The summed E-state index contributed by atoms with van der Waals surface area (Å²) in [5, 5.41) is 9.62. The summed E-state index contributed by atoms with van der Waals surface area (Å²) in [6.07, 6.45) is 51.2. The quantitative estimate of drug-likeness (QED) is 0.0285. The Morgan fingerprint density at radius 3 is 1.50 bits per heavy atom. The highest BCUT2D eigenvalue weighted by atomic mass is 16.6. The van der Waals surface area contributed by atoms with E-state index in [2.05, 4.69) is 74.6 Å². The Morgan fingerprint density at radius 1 is 0.552 bits per heavy atom. The van der Waals surface area contributed by atoms with E-state index in [0.717, 1.165) is 44.9 Å². The molecular weight excluding hydrogens is 727 g/mol. The summed E-state index contributed by atoms with van der Waals surface area (Å²) in [5.74, 6) is -1.63. The second-order valence-electron chi connectivity index (χ2n) is 16.3. The van der Waals surface area contributed by atoms with E-state index in [1.807, 2.05) is 27.2 Å². The number of rotatable bonds is 40. The average Bonchev–Trinajstić information content (AvgIpc) is 3.18. The van der Waals surface area contributed by atoms with Crippen molar-refractivity contribution >= 4 is 17.9 Å². The average molecular weight is 813 g/mol. The number of likely N-dealkylation sites (N-methyl/N-ethyl adjacent to an activating group) is 1. The van der Waals surface area contributed by atoms with Crippen LogP contribution in [0.5, 0.6) is 0 Å². The number of hydrogen-bond donors (Lipinski definition) is 1. The highest BCUT2D eigenvalue weighted by Crippen LogP contribution is 2.14. The zero-order valence-corrected chi connectivity index (χ0v) is 37.7. The number of hydrogen-bond acceptors (Lipinski definition) is 6. The van der Waals surface area contributed by atoms with Crippen LogP contribution in [-0.4, -0.2) is 80.6 Å². The van der Waals surface area contributed by atoms with Crippen molar-refractivity contribution < 1.29 is 38.2 Å². The van der Waals surface area contributed by atoms with Crippen molar-refractivity contribution in [1.29, 1.82) is 0 Å². The largest absolute Gasteiger partial charge is 0.477 e. The number of carbonyl (C=O) groups excluding carboxylic acids is 2. The van der Waals surface area contributed by atoms with Gasteiger partial charge in [0.1, 0.15) is 6.61 Å². The van der Waals surface area contributed by atoms with Crippen molar-refractivity contribution in [3.8, 4) is 0 Å². The van der Waals surface area contributed by atoms with Gasteiger partial charge in [-0.15, -0.1) is 0 Å². The van der Waals surface area contributed by atoms with Crippen molar-refractivity contribution in [2.75, 3.05) is 41.0 Å². The summed E-state index contributed by atoms with van der Waals surface area (Å²) < 4.78 is 17.2. The van der Waals surface area contributed by atoms with Crippen molar-refractivity contribution in [2.24, 2.45) is 0 Å². The molecule has 332 valence electrons. The maximum absolute atomic E-state index is 12.7. The highest BCUT2D eigenvalue weighted by molar-refractivity contribution is 5.72. The van der Waals surface area contributed by atoms with Crippen molar-refractivity contribution in [3.05, 3.63) is 72.9 Å². The normalized spacial score (nSPS) is 13.6. The molecule has 0 fully saturated rings. The van der Waals surface area contributed by atoms with Crippen LogP contribution < -0.4 is 0 Å². The molecule has 0 aromatic rings. The molecule has 58 heavy (non-hydrogen) atoms. The van der Waals surface area contributed by atoms with E-state index < -0.39 is 24.1 Å². The van der Waals surface area contributed by atoms with Gasteiger partial charge < -0.3 is 23.8 Å². The Hall–Kier alpha value is -3.23. The van der Waals surface area contributed by atoms with Gasteiger partial charge in [-0.2, -0.15) is 0 Å². The molecule has 8 heteroatoms. The molecule has 0 aromatic heterocycles. The van der Waals surface area contributed by atoms with Crippen LogP contribution in [-0.2, 0) is 28.6 Å². The third-order valence-electron chi connectivity index (χ3n) is 9.87. The first-order chi connectivity index (χ1) is 28.1. The number of quaternary nitrogens is 1. The van der Waals surface area contributed by atoms with Gasteiger partial charge in [-0.3, -0.25) is 9.59 Å². The van der Waals surface area contributed by atoms with Gasteiger partial charge in [0.25, 0.3) is 0 Å². The fourth-order valence-electron chi connectivity index (χ4n) is 6.34. The molecule has 0 aliphatic heterocycles. The summed E-state index contributed by atoms with van der Waals surface area (Å²) >= 11 is 0. The molecule has 0 amide bonds. The molecule has 0 saturated heterocycles. The van der Waals surface area contributed by atoms with E-state index in [1.165, 1.54) is 89.9 Å². The first-order valence-corrected chi connectivity index (χ1v) is 23.0. The maximum atomic E-state index is 12.7. The van der Waals surface area contributed by atoms with Gasteiger partial charge >= 0.3 is 17.9 Å². The van der Waals surface area contributed by atoms with Gasteiger partial charge in [0.05, 0.1) is 40.8 Å². The van der Waals surface area contributed by atoms with Gasteiger partial charge in [-0.1, -0.05) is 164 Å². The molecule has 0 rings (SSSR count). The predicted molar refractivity (Wildman–Crippen MR) is 243 cm³/mol. The lowest BCUT2D eigenvalue weighted by Gasteiger charge is -2.31. The van der Waals surface area contributed by atoms with Crippen LogP contribution in [0, 0.1) is 0 Å². The highest BCUT2D eigenvalue weighted by Gasteiger charge is 2.31. The Labute approximate surface area is 355 Å². The second-order valence-corrected chi connectivity index (χ2v) is 16.3. The second kappa shape index (κ2) is 40.5. The van der Waals surface area contributed by atoms with E-state index in [1.54, 1.807) is 6.08 Å². The van der Waals surface area contributed by atoms with E-state index in [4.69, 9.17) is 14.2 Å². The summed E-state index contributed by atoms with van der Waals surface area (Å²) in [6, 6.07) is -0.633. The summed E-state index contributed by atoms with van der Waals surface area (Å²) in [6.45, 7) is 4.50. The van der Waals surface area contributed by atoms with Gasteiger partial charge in [0, 0.05) is 12.8 Å². The SMILES string of the molecule is CC/C=C\C/C=C\C/C=C\C/C=C\C/C=C\CC(=O)OC(COCCC(C(=O)O)[N+](C)(C)C)COC(=O)CCCCCCCCCCC/C=C\CCCCCCCC. The minimum atomic E-state index is -0.891. The summed E-state index contributed by atoms with van der Waals surface area (Å²) in [5.41, 5.74) is 0. The third kappa shape index (κ3) is 38.3. The maximum Gasteiger partial charge on any atom is 0.362 e. The van der Waals surface area contributed by atoms with E-state index in [9.17, 15) is 19.5 Å². The number of carboxylic acid groups (broad SMARTS) is 1. The Bertz CT molecular complexity index is 1180. The van der Waals surface area contributed by atoms with Crippen molar-refractivity contribution in [1.82, 2.24) is 0 Å². The molecule has 0 heterocycles. The number of aliphatic carboxylic acids is 1. The number of allylic oxidation sites excluding steroid dienone is 11. The lowest BCUT2D eigenvalue weighted by Crippen LogP contribution is -2.50. The minimum absolute atomic E-state index is 0.0180. The molecule has 1 N–H and O–H groups in total. The smallest absolute Gasteiger partial charge is 0.362 e. The molecule has 2 atom stereocenters. The number of unbranched alkanes of at least 4 members (excludes halogenated alkanes) is 15. The van der Waals surface area contributed by atoms with Crippen LogP contribution in [0.15, 0.2) is 72.9 Å². The van der Waals surface area contributed by atoms with Crippen LogP contribution in [0.1, 0.15) is 174 Å². The van der Waals surface area contributed by atoms with Crippen LogP contribution in [0.3, 0.4) is 0 Å². The molecule has 0 aliphatic carbocycles. The van der Waals surface area contributed by atoms with E-state index >= 15 is 0 Å². The van der Waals surface area contributed by atoms with Gasteiger partial charge in [-0.25, -0.2) is 4.79 Å². The van der Waals surface area contributed by atoms with Crippen LogP contribution in [0.25, 0.3) is 0 Å². The first-order valence-electron chi connectivity index (χ1n) is 23.0. The Kier molecular flexibility index (Phi) is 38.3. The van der Waals surface area contributed by atoms with Crippen LogP contribution in [0.2, 0.25) is 0 Å². The number of carboxylic acids is 1. The number of nitrogens with zero attached hydrogens (tertiary/aromatic N) is 1.